The van der Waals surface area contributed by atoms with Crippen molar-refractivity contribution in [3.8, 4) is 11.5 Å². The second-order valence-electron chi connectivity index (χ2n) is 5.23. The molecule has 7 heteroatoms. The molecule has 0 aliphatic heterocycles. The van der Waals surface area contributed by atoms with Gasteiger partial charge in [-0.15, -0.1) is 0 Å². The zero-order valence-electron chi connectivity index (χ0n) is 13.5. The van der Waals surface area contributed by atoms with Crippen LogP contribution in [0, 0.1) is 0 Å². The van der Waals surface area contributed by atoms with Crippen LogP contribution < -0.4 is 9.05 Å². The number of halogens is 2. The van der Waals surface area contributed by atoms with Crippen LogP contribution in [0.1, 0.15) is 5.56 Å². The van der Waals surface area contributed by atoms with Crippen molar-refractivity contribution < 1.29 is 18.1 Å². The van der Waals surface area contributed by atoms with Gasteiger partial charge in [-0.2, -0.15) is 0 Å². The number of hydrogen-bond donors (Lipinski definition) is 0. The summed E-state index contributed by atoms with van der Waals surface area (Å²) in [4.78, 5) is 0. The third kappa shape index (κ3) is 5.03. The van der Waals surface area contributed by atoms with E-state index >= 15 is 0 Å². The van der Waals surface area contributed by atoms with Gasteiger partial charge in [-0.25, -0.2) is 9.09 Å². The van der Waals surface area contributed by atoms with Crippen molar-refractivity contribution in [3.05, 3.63) is 96.6 Å². The lowest BCUT2D eigenvalue weighted by molar-refractivity contribution is 0.167. The largest absolute Gasteiger partial charge is 0.590 e. The van der Waals surface area contributed by atoms with Crippen molar-refractivity contribution in [1.82, 2.24) is 0 Å². The first-order valence-electron chi connectivity index (χ1n) is 7.70. The average Bonchev–Trinajstić information content (AvgIpc) is 2.63. The minimum atomic E-state index is -4.21. The Balaban J connectivity index is 1.90. The SMILES string of the molecule is O=P(Oc1ccccc1)(Oc1ccccc1)OC(Cl)(Cl)c1ccccc1. The van der Waals surface area contributed by atoms with Crippen LogP contribution in [0.2, 0.25) is 0 Å². The van der Waals surface area contributed by atoms with Crippen LogP contribution in [0.5, 0.6) is 11.5 Å². The Labute approximate surface area is 161 Å². The van der Waals surface area contributed by atoms with Crippen LogP contribution >= 0.6 is 31.0 Å². The van der Waals surface area contributed by atoms with Gasteiger partial charge in [-0.3, -0.25) is 0 Å². The first-order chi connectivity index (χ1) is 12.5. The Morgan fingerprint density at radius 2 is 1.04 bits per heavy atom. The topological polar surface area (TPSA) is 44.8 Å². The predicted molar refractivity (Wildman–Crippen MR) is 103 cm³/mol. The molecule has 4 nitrogen and oxygen atoms in total. The van der Waals surface area contributed by atoms with Crippen LogP contribution in [0.4, 0.5) is 0 Å². The molecule has 0 N–H and O–H groups in total. The van der Waals surface area contributed by atoms with Gasteiger partial charge in [0.15, 0.2) is 0 Å². The zero-order chi connectivity index (χ0) is 18.5. The normalized spacial score (nSPS) is 11.8. The molecule has 0 aliphatic rings. The highest BCUT2D eigenvalue weighted by molar-refractivity contribution is 7.49. The molecule has 0 fully saturated rings. The highest BCUT2D eigenvalue weighted by atomic mass is 35.5. The summed E-state index contributed by atoms with van der Waals surface area (Å²) < 4.78 is 27.8. The molecular formula is C19H15Cl2O4P. The molecule has 26 heavy (non-hydrogen) atoms. The summed E-state index contributed by atoms with van der Waals surface area (Å²) >= 11 is 12.6. The van der Waals surface area contributed by atoms with E-state index in [1.54, 1.807) is 91.0 Å². The molecule has 0 unspecified atom stereocenters. The van der Waals surface area contributed by atoms with E-state index in [0.717, 1.165) is 0 Å². The summed E-state index contributed by atoms with van der Waals surface area (Å²) in [6.07, 6.45) is 0. The van der Waals surface area contributed by atoms with Gasteiger partial charge in [-0.1, -0.05) is 89.9 Å². The van der Waals surface area contributed by atoms with E-state index < -0.39 is 12.3 Å². The predicted octanol–water partition coefficient (Wildman–Crippen LogP) is 6.56. The third-order valence-corrected chi connectivity index (χ3v) is 5.43. The molecular weight excluding hydrogens is 394 g/mol. The molecule has 0 saturated carbocycles. The molecule has 3 aromatic carbocycles. The third-order valence-electron chi connectivity index (χ3n) is 3.26. The number of para-hydroxylation sites is 2. The smallest absolute Gasteiger partial charge is 0.395 e. The summed E-state index contributed by atoms with van der Waals surface area (Å²) in [6.45, 7) is 0. The standard InChI is InChI=1S/C19H15Cl2O4P/c20-19(21,16-10-4-1-5-11-16)25-26(22,23-17-12-6-2-7-13-17)24-18-14-8-3-9-15-18/h1-15H. The Hall–Kier alpha value is -1.97. The maximum Gasteiger partial charge on any atom is 0.590 e. The van der Waals surface area contributed by atoms with E-state index in [9.17, 15) is 4.57 Å². The highest BCUT2D eigenvalue weighted by Crippen LogP contribution is 2.57. The van der Waals surface area contributed by atoms with E-state index in [0.29, 0.717) is 17.1 Å². The number of benzene rings is 3. The van der Waals surface area contributed by atoms with Gasteiger partial charge in [0.2, 0.25) is 0 Å². The van der Waals surface area contributed by atoms with Crippen molar-refractivity contribution in [2.45, 2.75) is 4.52 Å². The fraction of sp³-hybridized carbons (Fsp3) is 0.0526. The van der Waals surface area contributed by atoms with Gasteiger partial charge in [0, 0.05) is 5.56 Å². The molecule has 134 valence electrons. The lowest BCUT2D eigenvalue weighted by Gasteiger charge is -2.26. The summed E-state index contributed by atoms with van der Waals surface area (Å²) in [5.41, 5.74) is 0.400. The minimum absolute atomic E-state index is 0.295. The van der Waals surface area contributed by atoms with E-state index in [-0.39, 0.29) is 0 Å². The average molecular weight is 409 g/mol. The minimum Gasteiger partial charge on any atom is -0.395 e. The van der Waals surface area contributed by atoms with E-state index in [4.69, 9.17) is 36.8 Å². The second-order valence-corrected chi connectivity index (χ2v) is 7.93. The Kier molecular flexibility index (Phi) is 5.90. The van der Waals surface area contributed by atoms with Gasteiger partial charge >= 0.3 is 7.82 Å². The molecule has 3 rings (SSSR count). The fourth-order valence-electron chi connectivity index (χ4n) is 2.10. The van der Waals surface area contributed by atoms with Gasteiger partial charge < -0.3 is 9.05 Å². The van der Waals surface area contributed by atoms with E-state index in [1.807, 2.05) is 0 Å². The van der Waals surface area contributed by atoms with Crippen molar-refractivity contribution in [2.75, 3.05) is 0 Å². The molecule has 3 aromatic rings. The lowest BCUT2D eigenvalue weighted by Crippen LogP contribution is -2.18. The van der Waals surface area contributed by atoms with Crippen LogP contribution in [0.3, 0.4) is 0 Å². The van der Waals surface area contributed by atoms with Crippen LogP contribution in [0.25, 0.3) is 0 Å². The molecule has 0 heterocycles. The number of phosphoric ester groups is 1. The van der Waals surface area contributed by atoms with Gasteiger partial charge in [0.1, 0.15) is 11.5 Å². The van der Waals surface area contributed by atoms with Gasteiger partial charge in [-0.05, 0) is 24.3 Å². The van der Waals surface area contributed by atoms with Crippen LogP contribution in [-0.2, 0) is 13.6 Å². The zero-order valence-corrected chi connectivity index (χ0v) is 15.9. The molecule has 0 saturated heterocycles. The second kappa shape index (κ2) is 8.15. The lowest BCUT2D eigenvalue weighted by atomic mass is 10.2. The van der Waals surface area contributed by atoms with E-state index in [2.05, 4.69) is 0 Å². The Bertz CT molecular complexity index is 828. The van der Waals surface area contributed by atoms with Crippen molar-refractivity contribution in [3.63, 3.8) is 0 Å². The molecule has 0 radical (unpaired) electrons. The first-order valence-corrected chi connectivity index (χ1v) is 9.92. The quantitative estimate of drug-likeness (QED) is 0.328. The fourth-order valence-corrected chi connectivity index (χ4v) is 4.12. The Morgan fingerprint density at radius 1 is 0.654 bits per heavy atom. The number of alkyl halides is 2. The highest BCUT2D eigenvalue weighted by Gasteiger charge is 2.43. The first kappa shape index (κ1) is 18.8. The number of hydrogen-bond acceptors (Lipinski definition) is 4. The molecule has 0 amide bonds. The molecule has 0 bridgehead atoms. The number of phosphoric acid groups is 1. The number of rotatable bonds is 7. The summed E-state index contributed by atoms with van der Waals surface area (Å²) in [5.74, 6) is 0.591. The molecule has 0 atom stereocenters. The summed E-state index contributed by atoms with van der Waals surface area (Å²) in [7, 11) is -4.21. The molecule has 0 spiro atoms. The molecule has 0 aliphatic carbocycles. The summed E-state index contributed by atoms with van der Waals surface area (Å²) in [5, 5.41) is 0. The maximum atomic E-state index is 13.3. The van der Waals surface area contributed by atoms with Crippen molar-refractivity contribution >= 4 is 31.0 Å². The monoisotopic (exact) mass is 408 g/mol. The van der Waals surface area contributed by atoms with Crippen LogP contribution in [-0.4, -0.2) is 0 Å². The Morgan fingerprint density at radius 3 is 1.46 bits per heavy atom. The van der Waals surface area contributed by atoms with Crippen LogP contribution in [0.15, 0.2) is 91.0 Å². The van der Waals surface area contributed by atoms with Crippen molar-refractivity contribution in [1.29, 1.82) is 0 Å². The van der Waals surface area contributed by atoms with Crippen molar-refractivity contribution in [2.24, 2.45) is 0 Å². The summed E-state index contributed by atoms with van der Waals surface area (Å²) in [6, 6.07) is 25.6. The van der Waals surface area contributed by atoms with E-state index in [1.165, 1.54) is 0 Å². The van der Waals surface area contributed by atoms with Gasteiger partial charge in [0.25, 0.3) is 4.52 Å². The maximum absolute atomic E-state index is 13.3. The molecule has 0 aromatic heterocycles. The van der Waals surface area contributed by atoms with Gasteiger partial charge in [0.05, 0.1) is 0 Å².